The highest BCUT2D eigenvalue weighted by atomic mass is 35.5. The first-order chi connectivity index (χ1) is 25.1. The molecule has 1 heterocycles. The van der Waals surface area contributed by atoms with Crippen molar-refractivity contribution in [3.05, 3.63) is 35.9 Å². The van der Waals surface area contributed by atoms with Gasteiger partial charge in [0.2, 0.25) is 33.7 Å². The summed E-state index contributed by atoms with van der Waals surface area (Å²) < 4.78 is 39.1. The molecular formula is C36H57ClN6O9S. The van der Waals surface area contributed by atoms with Gasteiger partial charge in [0.05, 0.1) is 54.5 Å². The highest BCUT2D eigenvalue weighted by Gasteiger charge is 2.43. The molecule has 0 aromatic heterocycles. The Kier molecular flexibility index (Phi) is 17.0. The second-order valence-corrected chi connectivity index (χ2v) is 16.4. The lowest BCUT2D eigenvalue weighted by Gasteiger charge is -2.39. The van der Waals surface area contributed by atoms with Gasteiger partial charge in [-0.1, -0.05) is 57.5 Å². The van der Waals surface area contributed by atoms with Gasteiger partial charge in [-0.05, 0) is 37.2 Å². The molecule has 3 rings (SSSR count). The summed E-state index contributed by atoms with van der Waals surface area (Å²) in [5, 5.41) is 4.65. The number of alkyl halides is 1. The fourth-order valence-corrected chi connectivity index (χ4v) is 8.34. The monoisotopic (exact) mass is 784 g/mol. The van der Waals surface area contributed by atoms with Crippen LogP contribution in [0.4, 0.5) is 0 Å². The molecule has 2 aliphatic rings. The van der Waals surface area contributed by atoms with Gasteiger partial charge in [0, 0.05) is 40.1 Å². The average molecular weight is 785 g/mol. The van der Waals surface area contributed by atoms with Crippen molar-refractivity contribution in [1.82, 2.24) is 25.2 Å². The first-order valence-electron chi connectivity index (χ1n) is 18.2. The summed E-state index contributed by atoms with van der Waals surface area (Å²) >= 11 is 5.66. The molecule has 5 amide bonds. The van der Waals surface area contributed by atoms with Crippen LogP contribution >= 0.6 is 11.6 Å². The number of sulfonamides is 1. The average Bonchev–Trinajstić information content (AvgIpc) is 3.91. The molecule has 0 radical (unpaired) electrons. The van der Waals surface area contributed by atoms with E-state index in [-0.39, 0.29) is 43.0 Å². The first kappa shape index (κ1) is 44.1. The number of ether oxygens (including phenoxy) is 2. The minimum atomic E-state index is -3.85. The summed E-state index contributed by atoms with van der Waals surface area (Å²) in [7, 11) is 0.696. The molecule has 15 nitrogen and oxygen atoms in total. The van der Waals surface area contributed by atoms with Crippen molar-refractivity contribution in [2.45, 2.75) is 107 Å². The zero-order valence-corrected chi connectivity index (χ0v) is 33.2. The molecule has 8 unspecified atom stereocenters. The summed E-state index contributed by atoms with van der Waals surface area (Å²) in [6.07, 6.45) is 1.42. The fourth-order valence-electron chi connectivity index (χ4n) is 6.85. The maximum absolute atomic E-state index is 14.0. The predicted octanol–water partition coefficient (Wildman–Crippen LogP) is 0.925. The Labute approximate surface area is 318 Å². The van der Waals surface area contributed by atoms with Gasteiger partial charge >= 0.3 is 0 Å². The maximum atomic E-state index is 14.0. The SMILES string of the molecule is CCC(C)C(C(CC(=O)N1CCCC1C(OC)C(C)C(=O)NC(Cc1ccccc1)C(=O)NS(=O)(=O)C1CC1)OC)N(C)C(=O)CNC(=O)C(N)CCl. The molecule has 298 valence electrons. The van der Waals surface area contributed by atoms with Gasteiger partial charge in [-0.15, -0.1) is 11.6 Å². The predicted molar refractivity (Wildman–Crippen MR) is 200 cm³/mol. The van der Waals surface area contributed by atoms with Gasteiger partial charge in [0.15, 0.2) is 0 Å². The lowest BCUT2D eigenvalue weighted by Crippen LogP contribution is -2.56. The Balaban J connectivity index is 1.74. The third-order valence-electron chi connectivity index (χ3n) is 10.3. The number of hydrogen-bond acceptors (Lipinski definition) is 10. The number of carbonyl (C=O) groups excluding carboxylic acids is 5. The lowest BCUT2D eigenvalue weighted by molar-refractivity contribution is -0.146. The van der Waals surface area contributed by atoms with Crippen molar-refractivity contribution in [3.63, 3.8) is 0 Å². The molecule has 1 saturated carbocycles. The number of nitrogens with two attached hydrogens (primary N) is 1. The van der Waals surface area contributed by atoms with Crippen LogP contribution in [0.5, 0.6) is 0 Å². The molecule has 1 aromatic carbocycles. The number of carbonyl (C=O) groups is 5. The molecule has 1 saturated heterocycles. The van der Waals surface area contributed by atoms with Gasteiger partial charge in [-0.25, -0.2) is 8.42 Å². The molecule has 53 heavy (non-hydrogen) atoms. The summed E-state index contributed by atoms with van der Waals surface area (Å²) in [4.78, 5) is 69.6. The largest absolute Gasteiger partial charge is 0.379 e. The van der Waals surface area contributed by atoms with Crippen LogP contribution in [0, 0.1) is 11.8 Å². The second-order valence-electron chi connectivity index (χ2n) is 14.1. The Morgan fingerprint density at radius 3 is 2.25 bits per heavy atom. The number of hydrogen-bond donors (Lipinski definition) is 4. The molecule has 1 aromatic rings. The molecule has 0 spiro atoms. The standard InChI is InChI=1S/C36H57ClN6O9S/c1-7-22(2)32(42(4)31(45)21-39-35(47)26(38)20-37)29(51-5)19-30(44)43-17-11-14-28(43)33(52-6)23(3)34(46)40-27(18-24-12-9-8-10-13-24)36(48)41-53(49,50)25-15-16-25/h8-10,12-13,22-23,25-29,32-33H,7,11,14-21,38H2,1-6H3,(H,39,47)(H,40,46)(H,41,48). The minimum absolute atomic E-state index is 0.0606. The van der Waals surface area contributed by atoms with E-state index in [0.717, 1.165) is 5.56 Å². The third kappa shape index (κ3) is 12.1. The Hall–Kier alpha value is -3.31. The summed E-state index contributed by atoms with van der Waals surface area (Å²) in [5.41, 5.74) is 6.40. The van der Waals surface area contributed by atoms with Gasteiger partial charge in [0.1, 0.15) is 6.04 Å². The Morgan fingerprint density at radius 1 is 1.02 bits per heavy atom. The van der Waals surface area contributed by atoms with E-state index < -0.39 is 75.3 Å². The van der Waals surface area contributed by atoms with E-state index in [1.165, 1.54) is 19.1 Å². The Morgan fingerprint density at radius 2 is 1.68 bits per heavy atom. The number of likely N-dealkylation sites (tertiary alicyclic amines) is 1. The smallest absolute Gasteiger partial charge is 0.256 e. The molecule has 5 N–H and O–H groups in total. The number of rotatable bonds is 21. The van der Waals surface area contributed by atoms with E-state index in [1.807, 2.05) is 19.9 Å². The van der Waals surface area contributed by atoms with E-state index in [1.54, 1.807) is 43.1 Å². The van der Waals surface area contributed by atoms with Gasteiger partial charge in [-0.3, -0.25) is 28.7 Å². The number of nitrogens with one attached hydrogen (secondary N) is 3. The van der Waals surface area contributed by atoms with Crippen LogP contribution in [0.1, 0.15) is 64.9 Å². The molecule has 2 fully saturated rings. The molecule has 8 atom stereocenters. The normalized spacial score (nSPS) is 19.9. The van der Waals surface area contributed by atoms with Crippen molar-refractivity contribution in [2.24, 2.45) is 17.6 Å². The molecular weight excluding hydrogens is 728 g/mol. The number of halogens is 1. The van der Waals surface area contributed by atoms with Crippen LogP contribution in [-0.2, 0) is 49.9 Å². The number of benzene rings is 1. The molecule has 1 aliphatic heterocycles. The van der Waals surface area contributed by atoms with Crippen LogP contribution in [0.2, 0.25) is 0 Å². The Bertz CT molecular complexity index is 1520. The van der Waals surface area contributed by atoms with E-state index in [2.05, 4.69) is 15.4 Å². The van der Waals surface area contributed by atoms with E-state index >= 15 is 0 Å². The van der Waals surface area contributed by atoms with Gasteiger partial charge in [-0.2, -0.15) is 0 Å². The van der Waals surface area contributed by atoms with Crippen LogP contribution in [0.25, 0.3) is 0 Å². The van der Waals surface area contributed by atoms with E-state index in [0.29, 0.717) is 38.6 Å². The zero-order valence-electron chi connectivity index (χ0n) is 31.6. The first-order valence-corrected chi connectivity index (χ1v) is 20.3. The van der Waals surface area contributed by atoms with Crippen molar-refractivity contribution in [1.29, 1.82) is 0 Å². The number of likely N-dealkylation sites (N-methyl/N-ethyl adjacent to an activating group) is 1. The summed E-state index contributed by atoms with van der Waals surface area (Å²) in [6.45, 7) is 5.70. The van der Waals surface area contributed by atoms with Crippen LogP contribution in [-0.4, -0.2) is 130 Å². The molecule has 0 bridgehead atoms. The van der Waals surface area contributed by atoms with Crippen molar-refractivity contribution in [3.8, 4) is 0 Å². The van der Waals surface area contributed by atoms with Crippen LogP contribution < -0.4 is 21.1 Å². The van der Waals surface area contributed by atoms with Crippen LogP contribution in [0.15, 0.2) is 30.3 Å². The highest BCUT2D eigenvalue weighted by Crippen LogP contribution is 2.30. The second kappa shape index (κ2) is 20.4. The summed E-state index contributed by atoms with van der Waals surface area (Å²) in [5.74, 6) is -3.52. The summed E-state index contributed by atoms with van der Waals surface area (Å²) in [6, 6.07) is 5.84. The number of methoxy groups -OCH3 is 2. The van der Waals surface area contributed by atoms with Crippen molar-refractivity contribution in [2.75, 3.05) is 40.2 Å². The third-order valence-corrected chi connectivity index (χ3v) is 12.5. The quantitative estimate of drug-likeness (QED) is 0.130. The number of nitrogens with zero attached hydrogens (tertiary/aromatic N) is 2. The van der Waals surface area contributed by atoms with Gasteiger partial charge < -0.3 is 35.6 Å². The van der Waals surface area contributed by atoms with Crippen LogP contribution in [0.3, 0.4) is 0 Å². The minimum Gasteiger partial charge on any atom is -0.379 e. The maximum Gasteiger partial charge on any atom is 0.256 e. The lowest BCUT2D eigenvalue weighted by atomic mass is 9.90. The van der Waals surface area contributed by atoms with E-state index in [9.17, 15) is 32.4 Å². The highest BCUT2D eigenvalue weighted by molar-refractivity contribution is 7.90. The van der Waals surface area contributed by atoms with E-state index in [4.69, 9.17) is 26.8 Å². The topological polar surface area (TPSA) is 207 Å². The number of amides is 5. The van der Waals surface area contributed by atoms with Gasteiger partial charge in [0.25, 0.3) is 5.91 Å². The fraction of sp³-hybridized carbons (Fsp3) is 0.694. The molecule has 17 heteroatoms. The van der Waals surface area contributed by atoms with Crippen molar-refractivity contribution >= 4 is 51.2 Å². The molecule has 1 aliphatic carbocycles. The van der Waals surface area contributed by atoms with Crippen molar-refractivity contribution < 1.29 is 41.9 Å². The zero-order chi connectivity index (χ0) is 39.5.